The zero-order valence-corrected chi connectivity index (χ0v) is 16.1. The van der Waals surface area contributed by atoms with Gasteiger partial charge >= 0.3 is 0 Å². The summed E-state index contributed by atoms with van der Waals surface area (Å²) < 4.78 is 22.0. The molecule has 2 heterocycles. The van der Waals surface area contributed by atoms with Crippen molar-refractivity contribution < 1.29 is 18.9 Å². The van der Waals surface area contributed by atoms with Crippen LogP contribution in [0.25, 0.3) is 0 Å². The minimum absolute atomic E-state index is 0.501. The summed E-state index contributed by atoms with van der Waals surface area (Å²) in [6.45, 7) is 2.23. The smallest absolute Gasteiger partial charge is 0.163 e. The fourth-order valence-corrected chi connectivity index (χ4v) is 2.81. The Morgan fingerprint density at radius 3 is 2.48 bits per heavy atom. The zero-order chi connectivity index (χ0) is 19.9. The molecule has 8 nitrogen and oxygen atoms in total. The van der Waals surface area contributed by atoms with E-state index in [2.05, 4.69) is 20.6 Å². The van der Waals surface area contributed by atoms with Crippen molar-refractivity contribution in [3.05, 3.63) is 54.9 Å². The number of benzene rings is 2. The van der Waals surface area contributed by atoms with Gasteiger partial charge in [0, 0.05) is 17.8 Å². The lowest BCUT2D eigenvalue weighted by atomic mass is 10.2. The number of ether oxygens (including phenoxy) is 4. The normalized spacial score (nSPS) is 12.2. The summed E-state index contributed by atoms with van der Waals surface area (Å²) in [4.78, 5) is 8.50. The van der Waals surface area contributed by atoms with Crippen molar-refractivity contribution in [2.45, 2.75) is 0 Å². The summed E-state index contributed by atoms with van der Waals surface area (Å²) in [6, 6.07) is 15.0. The van der Waals surface area contributed by atoms with Crippen LogP contribution in [-0.4, -0.2) is 43.4 Å². The summed E-state index contributed by atoms with van der Waals surface area (Å²) in [5, 5.41) is 6.48. The SMILES string of the molecule is COc1ccc(OCCNc2cc(Nc3ccc4c(c3)OCCO4)ncn2)cc1. The highest BCUT2D eigenvalue weighted by Crippen LogP contribution is 2.33. The van der Waals surface area contributed by atoms with Crippen molar-refractivity contribution in [1.29, 1.82) is 0 Å². The van der Waals surface area contributed by atoms with Gasteiger partial charge in [0.1, 0.15) is 49.3 Å². The highest BCUT2D eigenvalue weighted by Gasteiger charge is 2.12. The lowest BCUT2D eigenvalue weighted by Gasteiger charge is -2.19. The molecule has 0 bridgehead atoms. The van der Waals surface area contributed by atoms with Gasteiger partial charge in [0.25, 0.3) is 0 Å². The van der Waals surface area contributed by atoms with Crippen molar-refractivity contribution in [2.24, 2.45) is 0 Å². The van der Waals surface area contributed by atoms with Crippen LogP contribution in [-0.2, 0) is 0 Å². The topological polar surface area (TPSA) is 86.8 Å². The molecule has 1 aliphatic heterocycles. The lowest BCUT2D eigenvalue weighted by Crippen LogP contribution is -2.15. The van der Waals surface area contributed by atoms with Crippen molar-refractivity contribution in [1.82, 2.24) is 9.97 Å². The van der Waals surface area contributed by atoms with Crippen LogP contribution in [0.5, 0.6) is 23.0 Å². The lowest BCUT2D eigenvalue weighted by molar-refractivity contribution is 0.171. The van der Waals surface area contributed by atoms with Crippen LogP contribution in [0.1, 0.15) is 0 Å². The number of hydrogen-bond donors (Lipinski definition) is 2. The molecule has 0 atom stereocenters. The third kappa shape index (κ3) is 4.98. The van der Waals surface area contributed by atoms with E-state index in [1.807, 2.05) is 48.5 Å². The average Bonchev–Trinajstić information content (AvgIpc) is 2.77. The minimum atomic E-state index is 0.501. The first-order valence-electron chi connectivity index (χ1n) is 9.29. The van der Waals surface area contributed by atoms with E-state index >= 15 is 0 Å². The van der Waals surface area contributed by atoms with Crippen LogP contribution in [0, 0.1) is 0 Å². The predicted octanol–water partition coefficient (Wildman–Crippen LogP) is 3.49. The van der Waals surface area contributed by atoms with E-state index in [0.717, 1.165) is 28.7 Å². The van der Waals surface area contributed by atoms with Gasteiger partial charge in [0.2, 0.25) is 0 Å². The number of nitrogens with zero attached hydrogens (tertiary/aromatic N) is 2. The van der Waals surface area contributed by atoms with Crippen LogP contribution >= 0.6 is 0 Å². The maximum absolute atomic E-state index is 5.70. The summed E-state index contributed by atoms with van der Waals surface area (Å²) in [6.07, 6.45) is 1.51. The third-order valence-corrected chi connectivity index (χ3v) is 4.22. The van der Waals surface area contributed by atoms with E-state index in [1.165, 1.54) is 6.33 Å². The number of hydrogen-bond acceptors (Lipinski definition) is 8. The number of methoxy groups -OCH3 is 1. The van der Waals surface area contributed by atoms with Gasteiger partial charge in [0.15, 0.2) is 11.5 Å². The van der Waals surface area contributed by atoms with Crippen molar-refractivity contribution >= 4 is 17.3 Å². The van der Waals surface area contributed by atoms with Gasteiger partial charge in [-0.05, 0) is 36.4 Å². The first kappa shape index (κ1) is 18.7. The molecule has 4 rings (SSSR count). The Bertz CT molecular complexity index is 950. The van der Waals surface area contributed by atoms with E-state index in [1.54, 1.807) is 7.11 Å². The van der Waals surface area contributed by atoms with E-state index < -0.39 is 0 Å². The van der Waals surface area contributed by atoms with E-state index in [4.69, 9.17) is 18.9 Å². The molecule has 0 saturated heterocycles. The fraction of sp³-hybridized carbons (Fsp3) is 0.238. The Morgan fingerprint density at radius 1 is 0.897 bits per heavy atom. The molecule has 29 heavy (non-hydrogen) atoms. The van der Waals surface area contributed by atoms with Gasteiger partial charge in [-0.15, -0.1) is 0 Å². The van der Waals surface area contributed by atoms with Crippen LogP contribution in [0.2, 0.25) is 0 Å². The largest absolute Gasteiger partial charge is 0.497 e. The zero-order valence-electron chi connectivity index (χ0n) is 16.1. The van der Waals surface area contributed by atoms with E-state index in [9.17, 15) is 0 Å². The Hall–Kier alpha value is -3.68. The van der Waals surface area contributed by atoms with E-state index in [0.29, 0.717) is 38.0 Å². The van der Waals surface area contributed by atoms with Gasteiger partial charge in [-0.3, -0.25) is 0 Å². The van der Waals surface area contributed by atoms with Gasteiger partial charge in [-0.25, -0.2) is 9.97 Å². The molecule has 0 spiro atoms. The highest BCUT2D eigenvalue weighted by atomic mass is 16.6. The van der Waals surface area contributed by atoms with Crippen LogP contribution < -0.4 is 29.6 Å². The number of anilines is 3. The molecule has 0 aliphatic carbocycles. The highest BCUT2D eigenvalue weighted by molar-refractivity contribution is 5.63. The second-order valence-corrected chi connectivity index (χ2v) is 6.22. The molecule has 3 aromatic rings. The maximum Gasteiger partial charge on any atom is 0.163 e. The maximum atomic E-state index is 5.70. The summed E-state index contributed by atoms with van der Waals surface area (Å²) in [5.74, 6) is 4.45. The van der Waals surface area contributed by atoms with Gasteiger partial charge < -0.3 is 29.6 Å². The standard InChI is InChI=1S/C21H22N4O4/c1-26-16-3-5-17(6-4-16)27-9-8-22-20-13-21(24-14-23-20)25-15-2-7-18-19(12-15)29-11-10-28-18/h2-7,12-14H,8-11H2,1H3,(H2,22,23,24,25). The van der Waals surface area contributed by atoms with E-state index in [-0.39, 0.29) is 0 Å². The minimum Gasteiger partial charge on any atom is -0.497 e. The molecule has 150 valence electrons. The van der Waals surface area contributed by atoms with Crippen LogP contribution in [0.3, 0.4) is 0 Å². The summed E-state index contributed by atoms with van der Waals surface area (Å²) in [5.41, 5.74) is 0.863. The van der Waals surface area contributed by atoms with Crippen LogP contribution in [0.4, 0.5) is 17.3 Å². The van der Waals surface area contributed by atoms with Gasteiger partial charge in [0.05, 0.1) is 13.7 Å². The monoisotopic (exact) mass is 394 g/mol. The van der Waals surface area contributed by atoms with Gasteiger partial charge in [-0.2, -0.15) is 0 Å². The second kappa shape index (κ2) is 9.01. The third-order valence-electron chi connectivity index (χ3n) is 4.22. The first-order chi connectivity index (χ1) is 14.3. The van der Waals surface area contributed by atoms with Crippen molar-refractivity contribution in [2.75, 3.05) is 44.1 Å². The molecule has 8 heteroatoms. The molecular formula is C21H22N4O4. The molecule has 0 fully saturated rings. The second-order valence-electron chi connectivity index (χ2n) is 6.22. The Balaban J connectivity index is 1.29. The summed E-state index contributed by atoms with van der Waals surface area (Å²) in [7, 11) is 1.64. The molecule has 1 aromatic heterocycles. The molecule has 1 aliphatic rings. The molecule has 0 unspecified atom stereocenters. The Labute approximate surface area is 168 Å². The number of nitrogens with one attached hydrogen (secondary N) is 2. The molecule has 2 N–H and O–H groups in total. The number of aromatic nitrogens is 2. The van der Waals surface area contributed by atoms with Gasteiger partial charge in [-0.1, -0.05) is 0 Å². The Morgan fingerprint density at radius 2 is 1.66 bits per heavy atom. The molecule has 0 amide bonds. The van der Waals surface area contributed by atoms with Crippen molar-refractivity contribution in [3.8, 4) is 23.0 Å². The average molecular weight is 394 g/mol. The molecule has 2 aromatic carbocycles. The quantitative estimate of drug-likeness (QED) is 0.562. The van der Waals surface area contributed by atoms with Crippen LogP contribution in [0.15, 0.2) is 54.9 Å². The molecular weight excluding hydrogens is 372 g/mol. The Kier molecular flexibility index (Phi) is 5.80. The number of rotatable bonds is 8. The first-order valence-corrected chi connectivity index (χ1v) is 9.29. The van der Waals surface area contributed by atoms with Crippen molar-refractivity contribution in [3.63, 3.8) is 0 Å². The fourth-order valence-electron chi connectivity index (χ4n) is 2.81. The molecule has 0 radical (unpaired) electrons. The summed E-state index contributed by atoms with van der Waals surface area (Å²) >= 11 is 0. The number of fused-ring (bicyclic) bond motifs is 1. The molecule has 0 saturated carbocycles. The predicted molar refractivity (Wildman–Crippen MR) is 110 cm³/mol.